The van der Waals surface area contributed by atoms with Crippen LogP contribution in [-0.4, -0.2) is 31.7 Å². The first-order valence-electron chi connectivity index (χ1n) is 4.16. The first-order chi connectivity index (χ1) is 5.68. The lowest BCUT2D eigenvalue weighted by Crippen LogP contribution is -2.07. The van der Waals surface area contributed by atoms with E-state index in [0.717, 1.165) is 12.8 Å². The van der Waals surface area contributed by atoms with E-state index < -0.39 is 0 Å². The second-order valence-corrected chi connectivity index (χ2v) is 2.80. The van der Waals surface area contributed by atoms with E-state index in [9.17, 15) is 4.79 Å². The molecule has 4 heteroatoms. The van der Waals surface area contributed by atoms with Gasteiger partial charge in [0.2, 0.25) is 0 Å². The van der Waals surface area contributed by atoms with Crippen LogP contribution < -0.4 is 5.73 Å². The molecule has 0 aromatic carbocycles. The normalized spacial score (nSPS) is 8.67. The molecule has 0 fully saturated rings. The van der Waals surface area contributed by atoms with E-state index in [2.05, 4.69) is 9.24 Å². The van der Waals surface area contributed by atoms with E-state index in [1.807, 2.05) is 6.92 Å². The molecule has 0 aliphatic carbocycles. The zero-order valence-corrected chi connectivity index (χ0v) is 9.16. The van der Waals surface area contributed by atoms with E-state index >= 15 is 0 Å². The van der Waals surface area contributed by atoms with Crippen LogP contribution >= 0.6 is 9.24 Å². The molecule has 0 rings (SSSR count). The minimum Gasteiger partial charge on any atom is -0.380 e. The Morgan fingerprint density at radius 2 is 2.17 bits per heavy atom. The largest absolute Gasteiger partial charge is 0.380 e. The number of Topliss-reactive ketones (excluding diaryl/α,β-unsaturated/α-hetero) is 1. The Morgan fingerprint density at radius 3 is 2.25 bits per heavy atom. The number of ether oxygens (including phenoxy) is 1. The fraction of sp³-hybridized carbons (Fsp3) is 0.875. The average Bonchev–Trinajstić information content (AvgIpc) is 2.02. The summed E-state index contributed by atoms with van der Waals surface area (Å²) in [6.07, 6.45) is 1.60. The third kappa shape index (κ3) is 22.5. The molecule has 0 aliphatic rings. The van der Waals surface area contributed by atoms with Gasteiger partial charge in [-0.3, -0.25) is 0 Å². The number of hydrogen-bond donors (Lipinski definition) is 1. The van der Waals surface area contributed by atoms with E-state index in [1.165, 1.54) is 0 Å². The summed E-state index contributed by atoms with van der Waals surface area (Å²) in [6.45, 7) is 5.65. The summed E-state index contributed by atoms with van der Waals surface area (Å²) in [4.78, 5) is 10.0. The van der Waals surface area contributed by atoms with Crippen LogP contribution in [0.1, 0.15) is 20.3 Å². The molecular weight excluding hydrogens is 173 g/mol. The summed E-state index contributed by atoms with van der Waals surface area (Å²) in [7, 11) is 2.50. The van der Waals surface area contributed by atoms with Gasteiger partial charge in [-0.05, 0) is 20.0 Å². The maximum absolute atomic E-state index is 10.0. The number of nitrogens with two attached hydrogens (primary N) is 1. The van der Waals surface area contributed by atoms with Crippen molar-refractivity contribution in [2.45, 2.75) is 20.3 Å². The van der Waals surface area contributed by atoms with Gasteiger partial charge < -0.3 is 15.3 Å². The molecule has 1 unspecified atom stereocenters. The monoisotopic (exact) mass is 193 g/mol. The molecule has 0 aliphatic heterocycles. The molecule has 0 radical (unpaired) electrons. The fourth-order valence-electron chi connectivity index (χ4n) is 0.431. The molecule has 0 amide bonds. The molecule has 74 valence electrons. The average molecular weight is 193 g/mol. The maximum Gasteiger partial charge on any atom is 0.130 e. The third-order valence-corrected chi connectivity index (χ3v) is 1.25. The molecule has 0 saturated carbocycles. The van der Waals surface area contributed by atoms with Crippen molar-refractivity contribution < 1.29 is 9.53 Å². The van der Waals surface area contributed by atoms with Crippen molar-refractivity contribution in [1.29, 1.82) is 0 Å². The number of carbonyl (C=O) groups is 1. The van der Waals surface area contributed by atoms with Crippen LogP contribution in [0.4, 0.5) is 0 Å². The summed E-state index contributed by atoms with van der Waals surface area (Å²) in [5, 5.41) is 0. The molecule has 0 spiro atoms. The Bertz CT molecular complexity index is 95.1. The summed E-state index contributed by atoms with van der Waals surface area (Å²) in [5.74, 6) is 0.269. The second kappa shape index (κ2) is 13.6. The first-order valence-corrected chi connectivity index (χ1v) is 4.98. The molecule has 2 N–H and O–H groups in total. The van der Waals surface area contributed by atoms with Crippen LogP contribution in [0.3, 0.4) is 0 Å². The Kier molecular flexibility index (Phi) is 16.5. The Balaban J connectivity index is 0. The first kappa shape index (κ1) is 14.5. The van der Waals surface area contributed by atoms with Gasteiger partial charge in [0.05, 0.1) is 6.61 Å². The molecule has 1 atom stereocenters. The third-order valence-electron chi connectivity index (χ3n) is 0.963. The van der Waals surface area contributed by atoms with Crippen LogP contribution in [0.2, 0.25) is 0 Å². The molecule has 0 saturated heterocycles. The summed E-state index contributed by atoms with van der Waals surface area (Å²) in [6, 6.07) is 0. The second-order valence-electron chi connectivity index (χ2n) is 2.23. The highest BCUT2D eigenvalue weighted by Crippen LogP contribution is 1.86. The molecule has 0 aromatic rings. The maximum atomic E-state index is 10.0. The highest BCUT2D eigenvalue weighted by molar-refractivity contribution is 7.16. The minimum atomic E-state index is 0.269. The van der Waals surface area contributed by atoms with Crippen LogP contribution in [0.25, 0.3) is 0 Å². The van der Waals surface area contributed by atoms with Gasteiger partial charge in [-0.25, -0.2) is 0 Å². The zero-order valence-electron chi connectivity index (χ0n) is 8.01. The number of ketones is 1. The van der Waals surface area contributed by atoms with Crippen LogP contribution in [0.5, 0.6) is 0 Å². The standard InChI is InChI=1S/C4H11NO.C4H9OP/c1-2-6-4-3-5;1-4(5)2-3-6/h2-5H2,1H3;2-3,6H2,1H3. The Morgan fingerprint density at radius 1 is 1.58 bits per heavy atom. The van der Waals surface area contributed by atoms with Gasteiger partial charge in [0.15, 0.2) is 0 Å². The van der Waals surface area contributed by atoms with Crippen LogP contribution in [-0.2, 0) is 9.53 Å². The lowest BCUT2D eigenvalue weighted by Gasteiger charge is -1.91. The molecule has 12 heavy (non-hydrogen) atoms. The van der Waals surface area contributed by atoms with Gasteiger partial charge in [-0.15, -0.1) is 9.24 Å². The smallest absolute Gasteiger partial charge is 0.130 e. The fourth-order valence-corrected chi connectivity index (χ4v) is 0.837. The molecule has 0 aromatic heterocycles. The number of hydrogen-bond acceptors (Lipinski definition) is 3. The lowest BCUT2D eigenvalue weighted by molar-refractivity contribution is -0.116. The van der Waals surface area contributed by atoms with E-state index in [-0.39, 0.29) is 5.78 Å². The van der Waals surface area contributed by atoms with Gasteiger partial charge >= 0.3 is 0 Å². The van der Waals surface area contributed by atoms with E-state index in [4.69, 9.17) is 10.5 Å². The van der Waals surface area contributed by atoms with Gasteiger partial charge in [0.1, 0.15) is 5.78 Å². The van der Waals surface area contributed by atoms with Gasteiger partial charge in [-0.1, -0.05) is 0 Å². The molecule has 3 nitrogen and oxygen atoms in total. The topological polar surface area (TPSA) is 52.3 Å². The van der Waals surface area contributed by atoms with Crippen molar-refractivity contribution in [2.75, 3.05) is 25.9 Å². The quantitative estimate of drug-likeness (QED) is 0.519. The van der Waals surface area contributed by atoms with Crippen molar-refractivity contribution >= 4 is 15.0 Å². The lowest BCUT2D eigenvalue weighted by atomic mass is 10.4. The highest BCUT2D eigenvalue weighted by atomic mass is 31.0. The zero-order chi connectivity index (χ0) is 9.82. The van der Waals surface area contributed by atoms with E-state index in [1.54, 1.807) is 6.92 Å². The number of carbonyl (C=O) groups excluding carboxylic acids is 1. The predicted octanol–water partition coefficient (Wildman–Crippen LogP) is 0.822. The highest BCUT2D eigenvalue weighted by Gasteiger charge is 1.83. The number of rotatable bonds is 5. The van der Waals surface area contributed by atoms with Gasteiger partial charge in [0, 0.05) is 19.6 Å². The van der Waals surface area contributed by atoms with Gasteiger partial charge in [0.25, 0.3) is 0 Å². The summed E-state index contributed by atoms with van der Waals surface area (Å²) in [5.41, 5.74) is 5.09. The Hall–Kier alpha value is 0.0200. The SMILES string of the molecule is CC(=O)CCP.CCOCCN. The van der Waals surface area contributed by atoms with E-state index in [0.29, 0.717) is 19.6 Å². The summed E-state index contributed by atoms with van der Waals surface area (Å²) >= 11 is 0. The predicted molar refractivity (Wildman–Crippen MR) is 55.4 cm³/mol. The van der Waals surface area contributed by atoms with Crippen molar-refractivity contribution in [3.05, 3.63) is 0 Å². The van der Waals surface area contributed by atoms with Crippen molar-refractivity contribution in [2.24, 2.45) is 5.73 Å². The van der Waals surface area contributed by atoms with Crippen LogP contribution in [0.15, 0.2) is 0 Å². The van der Waals surface area contributed by atoms with Crippen molar-refractivity contribution in [3.8, 4) is 0 Å². The van der Waals surface area contributed by atoms with Crippen molar-refractivity contribution in [1.82, 2.24) is 0 Å². The summed E-state index contributed by atoms with van der Waals surface area (Å²) < 4.78 is 4.86. The Labute approximate surface area is 77.2 Å². The molecule has 0 heterocycles. The van der Waals surface area contributed by atoms with Crippen molar-refractivity contribution in [3.63, 3.8) is 0 Å². The van der Waals surface area contributed by atoms with Crippen LogP contribution in [0, 0.1) is 0 Å². The molecule has 0 bridgehead atoms. The minimum absolute atomic E-state index is 0.269. The molecular formula is C8H20NO2P. The van der Waals surface area contributed by atoms with Gasteiger partial charge in [-0.2, -0.15) is 0 Å².